The number of rotatable bonds is 4. The molecule has 3 aromatic rings. The first kappa shape index (κ1) is 20.5. The number of carbonyl (C=O) groups excluding carboxylic acids is 1. The molecule has 30 heavy (non-hydrogen) atoms. The summed E-state index contributed by atoms with van der Waals surface area (Å²) in [5.41, 5.74) is 1.64. The van der Waals surface area contributed by atoms with E-state index in [-0.39, 0.29) is 24.7 Å². The summed E-state index contributed by atoms with van der Waals surface area (Å²) in [6, 6.07) is 7.10. The molecule has 0 unspecified atom stereocenters. The largest absolute Gasteiger partial charge is 0.323 e. The average molecular weight is 430 g/mol. The predicted octanol–water partition coefficient (Wildman–Crippen LogP) is 3.40. The number of halogens is 1. The van der Waals surface area contributed by atoms with Crippen molar-refractivity contribution in [2.24, 2.45) is 0 Å². The number of nitrogens with zero attached hydrogens (tertiary/aromatic N) is 5. The molecule has 10 heteroatoms. The Morgan fingerprint density at radius 1 is 1.23 bits per heavy atom. The summed E-state index contributed by atoms with van der Waals surface area (Å²) in [6.45, 7) is 6.42. The maximum absolute atomic E-state index is 14.5. The Bertz CT molecular complexity index is 1060. The average Bonchev–Trinajstić information content (AvgIpc) is 3.15. The summed E-state index contributed by atoms with van der Waals surface area (Å²) in [6.07, 6.45) is -0.534. The molecule has 1 fully saturated rings. The number of carbonyl (C=O) groups is 1. The molecule has 2 aromatic heterocycles. The van der Waals surface area contributed by atoms with Crippen LogP contribution in [-0.2, 0) is 0 Å². The molecule has 0 radical (unpaired) electrons. The van der Waals surface area contributed by atoms with E-state index in [1.807, 2.05) is 39.0 Å². The molecule has 0 aliphatic carbocycles. The monoisotopic (exact) mass is 429 g/mol. The topological polar surface area (TPSA) is 95.9 Å². The molecule has 2 atom stereocenters. The van der Waals surface area contributed by atoms with Gasteiger partial charge in [-0.25, -0.2) is 9.18 Å². The van der Waals surface area contributed by atoms with Gasteiger partial charge >= 0.3 is 6.03 Å². The van der Waals surface area contributed by atoms with Crippen molar-refractivity contribution >= 4 is 34.1 Å². The molecule has 1 aliphatic heterocycles. The first-order chi connectivity index (χ1) is 14.4. The van der Waals surface area contributed by atoms with Gasteiger partial charge < -0.3 is 10.2 Å². The Balaban J connectivity index is 1.46. The van der Waals surface area contributed by atoms with Crippen molar-refractivity contribution in [1.82, 2.24) is 30.6 Å². The number of hydrogen-bond donors (Lipinski definition) is 2. The van der Waals surface area contributed by atoms with Gasteiger partial charge in [0, 0.05) is 29.6 Å². The third-order valence-electron chi connectivity index (χ3n) is 4.97. The van der Waals surface area contributed by atoms with Crippen molar-refractivity contribution in [1.29, 1.82) is 0 Å². The number of aromatic nitrogens is 4. The minimum Gasteiger partial charge on any atom is -0.321 e. The van der Waals surface area contributed by atoms with Crippen LogP contribution in [-0.4, -0.2) is 62.7 Å². The Hall–Kier alpha value is -2.72. The summed E-state index contributed by atoms with van der Waals surface area (Å²) in [7, 11) is 0. The number of amides is 2. The van der Waals surface area contributed by atoms with Crippen LogP contribution >= 0.6 is 11.3 Å². The van der Waals surface area contributed by atoms with Crippen LogP contribution in [0.25, 0.3) is 21.5 Å². The fraction of sp³-hybridized carbons (Fsp3) is 0.450. The lowest BCUT2D eigenvalue weighted by molar-refractivity contribution is 0.119. The zero-order valence-electron chi connectivity index (χ0n) is 17.1. The lowest BCUT2D eigenvalue weighted by atomic mass is 10.0. The van der Waals surface area contributed by atoms with Gasteiger partial charge in [0.2, 0.25) is 0 Å². The highest BCUT2D eigenvalue weighted by Gasteiger charge is 2.31. The first-order valence-electron chi connectivity index (χ1n) is 9.93. The molecular weight excluding hydrogens is 405 g/mol. The van der Waals surface area contributed by atoms with Gasteiger partial charge in [-0.2, -0.15) is 0 Å². The summed E-state index contributed by atoms with van der Waals surface area (Å²) in [4.78, 5) is 14.1. The Kier molecular flexibility index (Phi) is 5.87. The third kappa shape index (κ3) is 4.54. The number of urea groups is 1. The van der Waals surface area contributed by atoms with Gasteiger partial charge in [0.15, 0.2) is 5.82 Å². The molecule has 1 aliphatic rings. The van der Waals surface area contributed by atoms with E-state index in [1.54, 1.807) is 6.07 Å². The van der Waals surface area contributed by atoms with E-state index in [1.165, 1.54) is 16.2 Å². The van der Waals surface area contributed by atoms with Crippen molar-refractivity contribution in [3.63, 3.8) is 0 Å². The maximum atomic E-state index is 14.5. The highest BCUT2D eigenvalue weighted by atomic mass is 32.1. The van der Waals surface area contributed by atoms with Crippen LogP contribution in [0.15, 0.2) is 24.3 Å². The van der Waals surface area contributed by atoms with Crippen LogP contribution in [0, 0.1) is 6.92 Å². The first-order valence-corrected chi connectivity index (χ1v) is 10.7. The number of likely N-dealkylation sites (tertiary alicyclic amines) is 1. The second kappa shape index (κ2) is 8.57. The van der Waals surface area contributed by atoms with Crippen LogP contribution in [0.4, 0.5) is 15.0 Å². The van der Waals surface area contributed by atoms with E-state index in [4.69, 9.17) is 0 Å². The van der Waals surface area contributed by atoms with E-state index >= 15 is 0 Å². The van der Waals surface area contributed by atoms with Crippen LogP contribution in [0.2, 0.25) is 0 Å². The highest BCUT2D eigenvalue weighted by molar-refractivity contribution is 7.14. The minimum absolute atomic E-state index is 0.0533. The van der Waals surface area contributed by atoms with Crippen molar-refractivity contribution in [2.45, 2.75) is 45.4 Å². The van der Waals surface area contributed by atoms with E-state index in [9.17, 15) is 9.18 Å². The highest BCUT2D eigenvalue weighted by Crippen LogP contribution is 2.27. The zero-order chi connectivity index (χ0) is 21.3. The standard InChI is InChI=1S/C20H24FN7OS/c1-11(2)22-17-6-7-28(10-15(17)21)20(29)23-18-9-14-8-13(4-5-16(14)25-26-18)19-27-24-12(3)30-19/h4-5,8-9,11,15,17,22H,6-7,10H2,1-3H3,(H,23,26,29)/t15-,17-/m1/s1. The van der Waals surface area contributed by atoms with Crippen LogP contribution in [0.1, 0.15) is 25.3 Å². The van der Waals surface area contributed by atoms with E-state index in [0.717, 1.165) is 21.0 Å². The summed E-state index contributed by atoms with van der Waals surface area (Å²) in [5, 5.41) is 25.0. The number of aryl methyl sites for hydroxylation is 1. The van der Waals surface area contributed by atoms with Gasteiger partial charge in [-0.3, -0.25) is 5.32 Å². The Morgan fingerprint density at radius 2 is 2.07 bits per heavy atom. The summed E-state index contributed by atoms with van der Waals surface area (Å²) >= 11 is 1.51. The molecule has 8 nitrogen and oxygen atoms in total. The van der Waals surface area contributed by atoms with Gasteiger partial charge in [-0.15, -0.1) is 20.4 Å². The number of nitrogens with one attached hydrogen (secondary N) is 2. The molecule has 0 spiro atoms. The van der Waals surface area contributed by atoms with Crippen LogP contribution < -0.4 is 10.6 Å². The Labute approximate surface area is 177 Å². The van der Waals surface area contributed by atoms with Crippen molar-refractivity contribution < 1.29 is 9.18 Å². The molecule has 3 heterocycles. The molecular formula is C20H24FN7OS. The smallest absolute Gasteiger partial charge is 0.321 e. The molecule has 2 N–H and O–H groups in total. The maximum Gasteiger partial charge on any atom is 0.323 e. The van der Waals surface area contributed by atoms with Crippen molar-refractivity contribution in [2.75, 3.05) is 18.4 Å². The van der Waals surface area contributed by atoms with E-state index in [0.29, 0.717) is 24.3 Å². The molecule has 158 valence electrons. The zero-order valence-corrected chi connectivity index (χ0v) is 17.9. The number of benzene rings is 1. The number of alkyl halides is 1. The second-order valence-electron chi connectivity index (χ2n) is 7.74. The lowest BCUT2D eigenvalue weighted by Crippen LogP contribution is -2.54. The SMILES string of the molecule is Cc1nnc(-c2ccc3nnc(NC(=O)N4CC[C@@H](NC(C)C)[C@H](F)C4)cc3c2)s1. The van der Waals surface area contributed by atoms with Crippen molar-refractivity contribution in [3.8, 4) is 10.6 Å². The molecule has 2 amide bonds. The Morgan fingerprint density at radius 3 is 2.77 bits per heavy atom. The lowest BCUT2D eigenvalue weighted by Gasteiger charge is -2.35. The molecule has 0 bridgehead atoms. The van der Waals surface area contributed by atoms with Gasteiger partial charge in [0.1, 0.15) is 16.2 Å². The molecule has 1 saturated heterocycles. The number of fused-ring (bicyclic) bond motifs is 1. The van der Waals surface area contributed by atoms with Gasteiger partial charge in [0.25, 0.3) is 0 Å². The molecule has 0 saturated carbocycles. The van der Waals surface area contributed by atoms with Crippen molar-refractivity contribution in [3.05, 3.63) is 29.3 Å². The number of piperidine rings is 1. The van der Waals surface area contributed by atoms with E-state index < -0.39 is 6.17 Å². The normalized spacial score (nSPS) is 19.4. The molecule has 4 rings (SSSR count). The van der Waals surface area contributed by atoms with Crippen LogP contribution in [0.3, 0.4) is 0 Å². The van der Waals surface area contributed by atoms with Gasteiger partial charge in [0.05, 0.1) is 12.1 Å². The minimum atomic E-state index is -1.10. The summed E-state index contributed by atoms with van der Waals surface area (Å²) < 4.78 is 14.5. The van der Waals surface area contributed by atoms with Gasteiger partial charge in [-0.1, -0.05) is 25.2 Å². The quantitative estimate of drug-likeness (QED) is 0.660. The fourth-order valence-corrected chi connectivity index (χ4v) is 4.23. The number of anilines is 1. The fourth-order valence-electron chi connectivity index (χ4n) is 3.55. The predicted molar refractivity (Wildman–Crippen MR) is 115 cm³/mol. The number of hydrogen-bond acceptors (Lipinski definition) is 7. The summed E-state index contributed by atoms with van der Waals surface area (Å²) in [5.74, 6) is 0.330. The van der Waals surface area contributed by atoms with Gasteiger partial charge in [-0.05, 0) is 37.6 Å². The molecule has 1 aromatic carbocycles. The van der Waals surface area contributed by atoms with E-state index in [2.05, 4.69) is 31.0 Å². The second-order valence-corrected chi connectivity index (χ2v) is 8.92. The van der Waals surface area contributed by atoms with Crippen LogP contribution in [0.5, 0.6) is 0 Å². The third-order valence-corrected chi connectivity index (χ3v) is 5.86.